The Labute approximate surface area is 140 Å². The maximum absolute atomic E-state index is 13.0. The predicted molar refractivity (Wildman–Crippen MR) is 83.3 cm³/mol. The minimum Gasteiger partial charge on any atom is -0.475 e. The zero-order valence-corrected chi connectivity index (χ0v) is 14.5. The van der Waals surface area contributed by atoms with Crippen LogP contribution < -0.4 is 4.72 Å². The Bertz CT molecular complexity index is 820. The Kier molecular flexibility index (Phi) is 4.58. The van der Waals surface area contributed by atoms with Gasteiger partial charge in [0, 0.05) is 9.64 Å². The Hall–Kier alpha value is -1.14. The van der Waals surface area contributed by atoms with Crippen molar-refractivity contribution in [3.05, 3.63) is 44.1 Å². The van der Waals surface area contributed by atoms with Gasteiger partial charge in [-0.05, 0) is 56.7 Å². The number of benzene rings is 1. The standard InChI is InChI=1S/C11H6BrFINO5S/c12-10-9(4-8(20-10)11(16)17)21(18,19)15-7-2-1-5(13)3-6(7)14/h1-4,15H,(H,16,17). The van der Waals surface area contributed by atoms with Gasteiger partial charge in [0.2, 0.25) is 5.76 Å². The van der Waals surface area contributed by atoms with Gasteiger partial charge in [0.05, 0.1) is 5.69 Å². The number of rotatable bonds is 4. The zero-order valence-electron chi connectivity index (χ0n) is 9.93. The molecule has 0 aliphatic rings. The van der Waals surface area contributed by atoms with E-state index in [0.717, 1.165) is 18.2 Å². The number of carboxylic acids is 1. The van der Waals surface area contributed by atoms with Crippen molar-refractivity contribution in [1.82, 2.24) is 0 Å². The lowest BCUT2D eigenvalue weighted by Gasteiger charge is -2.08. The second-order valence-electron chi connectivity index (χ2n) is 3.78. The normalized spacial score (nSPS) is 11.4. The van der Waals surface area contributed by atoms with Crippen LogP contribution in [0.4, 0.5) is 10.1 Å². The molecule has 0 saturated heterocycles. The van der Waals surface area contributed by atoms with Crippen molar-refractivity contribution in [2.24, 2.45) is 0 Å². The monoisotopic (exact) mass is 489 g/mol. The van der Waals surface area contributed by atoms with Crippen LogP contribution >= 0.6 is 38.5 Å². The van der Waals surface area contributed by atoms with Crippen molar-refractivity contribution in [1.29, 1.82) is 0 Å². The Balaban J connectivity index is 2.41. The second-order valence-corrected chi connectivity index (χ2v) is 7.32. The van der Waals surface area contributed by atoms with E-state index in [9.17, 15) is 17.6 Å². The number of carboxylic acid groups (broad SMARTS) is 1. The molecule has 0 bridgehead atoms. The lowest BCUT2D eigenvalue weighted by atomic mass is 10.3. The van der Waals surface area contributed by atoms with Gasteiger partial charge in [0.1, 0.15) is 10.7 Å². The van der Waals surface area contributed by atoms with Gasteiger partial charge in [-0.15, -0.1) is 0 Å². The van der Waals surface area contributed by atoms with E-state index >= 15 is 0 Å². The summed E-state index contributed by atoms with van der Waals surface area (Å²) in [6, 6.07) is 4.41. The second kappa shape index (κ2) is 5.93. The van der Waals surface area contributed by atoms with Crippen molar-refractivity contribution in [3.8, 4) is 0 Å². The number of furan rings is 1. The van der Waals surface area contributed by atoms with Crippen LogP contribution in [0.2, 0.25) is 0 Å². The maximum Gasteiger partial charge on any atom is 0.371 e. The molecule has 0 amide bonds. The largest absolute Gasteiger partial charge is 0.475 e. The highest BCUT2D eigenvalue weighted by atomic mass is 127. The van der Waals surface area contributed by atoms with E-state index in [2.05, 4.69) is 20.7 Å². The fourth-order valence-electron chi connectivity index (χ4n) is 1.41. The molecule has 6 nitrogen and oxygen atoms in total. The van der Waals surface area contributed by atoms with Crippen molar-refractivity contribution in [3.63, 3.8) is 0 Å². The molecule has 0 fully saturated rings. The lowest BCUT2D eigenvalue weighted by Crippen LogP contribution is -2.13. The molecule has 0 radical (unpaired) electrons. The van der Waals surface area contributed by atoms with Gasteiger partial charge in [-0.2, -0.15) is 0 Å². The van der Waals surface area contributed by atoms with Crippen molar-refractivity contribution < 1.29 is 27.1 Å². The van der Waals surface area contributed by atoms with E-state index in [1.807, 2.05) is 0 Å². The molecule has 0 saturated carbocycles. The van der Waals surface area contributed by atoms with E-state index in [-0.39, 0.29) is 15.3 Å². The van der Waals surface area contributed by atoms with Crippen molar-refractivity contribution >= 4 is 60.2 Å². The van der Waals surface area contributed by atoms with E-state index < -0.39 is 27.6 Å². The molecule has 1 aromatic carbocycles. The topological polar surface area (TPSA) is 96.6 Å². The number of nitrogens with one attached hydrogen (secondary N) is 1. The third-order valence-corrected chi connectivity index (χ3v) is 5.45. The lowest BCUT2D eigenvalue weighted by molar-refractivity contribution is 0.0661. The van der Waals surface area contributed by atoms with Crippen molar-refractivity contribution in [2.45, 2.75) is 4.90 Å². The van der Waals surface area contributed by atoms with Gasteiger partial charge in [0.25, 0.3) is 10.0 Å². The van der Waals surface area contributed by atoms with Crippen LogP contribution in [0.5, 0.6) is 0 Å². The van der Waals surface area contributed by atoms with Crippen LogP contribution in [0.15, 0.2) is 38.2 Å². The van der Waals surface area contributed by atoms with Crippen LogP contribution in [0.1, 0.15) is 10.6 Å². The Morgan fingerprint density at radius 1 is 1.38 bits per heavy atom. The Morgan fingerprint density at radius 2 is 2.05 bits per heavy atom. The first-order valence-electron chi connectivity index (χ1n) is 5.21. The van der Waals surface area contributed by atoms with E-state index in [4.69, 9.17) is 9.52 Å². The van der Waals surface area contributed by atoms with Gasteiger partial charge < -0.3 is 9.52 Å². The van der Waals surface area contributed by atoms with Crippen LogP contribution in [-0.4, -0.2) is 19.5 Å². The maximum atomic E-state index is 13.0. The molecule has 1 aromatic heterocycles. The minimum atomic E-state index is -4.07. The molecule has 0 aliphatic carbocycles. The first kappa shape index (κ1) is 16.2. The summed E-state index contributed by atoms with van der Waals surface area (Å²) < 4.78 is 44.5. The molecule has 0 atom stereocenters. The molecule has 10 heteroatoms. The summed E-state index contributed by atoms with van der Waals surface area (Å²) in [4.78, 5) is 10.4. The van der Waals surface area contributed by atoms with Gasteiger partial charge in [-0.25, -0.2) is 17.6 Å². The van der Waals surface area contributed by atoms with Gasteiger partial charge in [-0.1, -0.05) is 0 Å². The SMILES string of the molecule is O=C(O)c1cc(S(=O)(=O)Nc2ccc(F)cc2I)c(Br)o1. The van der Waals surface area contributed by atoms with Crippen LogP contribution in [0, 0.1) is 9.39 Å². The van der Waals surface area contributed by atoms with Gasteiger partial charge >= 0.3 is 5.97 Å². The van der Waals surface area contributed by atoms with E-state index in [1.165, 1.54) is 6.07 Å². The first-order chi connectivity index (χ1) is 9.70. The van der Waals surface area contributed by atoms with Gasteiger partial charge in [0.15, 0.2) is 4.67 Å². The predicted octanol–water partition coefficient (Wildman–Crippen LogP) is 3.28. The average molecular weight is 490 g/mol. The Morgan fingerprint density at radius 3 is 2.57 bits per heavy atom. The highest BCUT2D eigenvalue weighted by Crippen LogP contribution is 2.29. The highest BCUT2D eigenvalue weighted by molar-refractivity contribution is 14.1. The number of carbonyl (C=O) groups is 1. The third kappa shape index (κ3) is 3.55. The van der Waals surface area contributed by atoms with Crippen molar-refractivity contribution in [2.75, 3.05) is 4.72 Å². The first-order valence-corrected chi connectivity index (χ1v) is 8.56. The molecule has 0 unspecified atom stereocenters. The van der Waals surface area contributed by atoms with Crippen LogP contribution in [-0.2, 0) is 10.0 Å². The summed E-state index contributed by atoms with van der Waals surface area (Å²) in [7, 11) is -4.07. The van der Waals surface area contributed by atoms with Crippen LogP contribution in [0.25, 0.3) is 0 Å². The number of hydrogen-bond donors (Lipinski definition) is 2. The molecular formula is C11H6BrFINO5S. The average Bonchev–Trinajstić information content (AvgIpc) is 2.76. The summed E-state index contributed by atoms with van der Waals surface area (Å²) in [5.41, 5.74) is 0.168. The fourth-order valence-corrected chi connectivity index (χ4v) is 4.23. The molecule has 21 heavy (non-hydrogen) atoms. The molecule has 0 spiro atoms. The molecule has 2 aromatic rings. The number of halogens is 3. The number of hydrogen-bond acceptors (Lipinski definition) is 4. The molecular weight excluding hydrogens is 484 g/mol. The number of sulfonamides is 1. The number of aromatic carboxylic acids is 1. The summed E-state index contributed by atoms with van der Waals surface area (Å²) in [5, 5.41) is 8.78. The van der Waals surface area contributed by atoms with E-state index in [0.29, 0.717) is 3.57 Å². The third-order valence-electron chi connectivity index (χ3n) is 2.33. The molecule has 0 aliphatic heterocycles. The highest BCUT2D eigenvalue weighted by Gasteiger charge is 2.25. The molecule has 112 valence electrons. The summed E-state index contributed by atoms with van der Waals surface area (Å²) in [6.45, 7) is 0. The zero-order chi connectivity index (χ0) is 15.8. The van der Waals surface area contributed by atoms with Gasteiger partial charge in [-0.3, -0.25) is 4.72 Å². The summed E-state index contributed by atoms with van der Waals surface area (Å²) >= 11 is 4.63. The molecule has 2 rings (SSSR count). The quantitative estimate of drug-likeness (QED) is 0.642. The summed E-state index contributed by atoms with van der Waals surface area (Å²) in [6.07, 6.45) is 0. The minimum absolute atomic E-state index is 0.168. The summed E-state index contributed by atoms with van der Waals surface area (Å²) in [5.74, 6) is -2.41. The smallest absolute Gasteiger partial charge is 0.371 e. The van der Waals surface area contributed by atoms with E-state index in [1.54, 1.807) is 22.6 Å². The van der Waals surface area contributed by atoms with Crippen LogP contribution in [0.3, 0.4) is 0 Å². The number of anilines is 1. The molecule has 1 heterocycles. The fraction of sp³-hybridized carbons (Fsp3) is 0. The molecule has 2 N–H and O–H groups in total.